The number of rotatable bonds is 4. The van der Waals surface area contributed by atoms with Gasteiger partial charge in [0.2, 0.25) is 0 Å². The van der Waals surface area contributed by atoms with Crippen molar-refractivity contribution in [2.24, 2.45) is 5.92 Å². The van der Waals surface area contributed by atoms with E-state index in [0.29, 0.717) is 17.9 Å². The molecular weight excluding hydrogens is 449 g/mol. The second-order valence-corrected chi connectivity index (χ2v) is 10.6. The molecule has 1 saturated carbocycles. The number of hydrogen-bond acceptors (Lipinski definition) is 2. The summed E-state index contributed by atoms with van der Waals surface area (Å²) in [6, 6.07) is 14.7. The Morgan fingerprint density at radius 3 is 2.71 bits per heavy atom. The number of allylic oxidation sites excluding steroid dienone is 1. The van der Waals surface area contributed by atoms with Gasteiger partial charge in [-0.1, -0.05) is 49.4 Å². The van der Waals surface area contributed by atoms with Crippen LogP contribution in [0.2, 0.25) is 0 Å². The largest absolute Gasteiger partial charge is 0.405 e. The zero-order valence-electron chi connectivity index (χ0n) is 20.4. The second kappa shape index (κ2) is 9.12. The van der Waals surface area contributed by atoms with Gasteiger partial charge in [-0.05, 0) is 85.4 Å². The lowest BCUT2D eigenvalue weighted by Gasteiger charge is -2.46. The van der Waals surface area contributed by atoms with Crippen LogP contribution in [0, 0.1) is 12.8 Å². The fourth-order valence-corrected chi connectivity index (χ4v) is 6.68. The molecule has 2 aliphatic carbocycles. The molecule has 2 fully saturated rings. The van der Waals surface area contributed by atoms with E-state index in [1.807, 2.05) is 18.3 Å². The Morgan fingerprint density at radius 1 is 1.17 bits per heavy atom. The number of amides is 1. The molecule has 1 spiro atoms. The molecule has 186 valence electrons. The molecule has 0 bridgehead atoms. The highest BCUT2D eigenvalue weighted by Gasteiger charge is 2.45. The highest BCUT2D eigenvalue weighted by Crippen LogP contribution is 2.48. The van der Waals surface area contributed by atoms with Crippen LogP contribution in [0.25, 0.3) is 6.08 Å². The van der Waals surface area contributed by atoms with Crippen molar-refractivity contribution in [1.29, 1.82) is 0 Å². The summed E-state index contributed by atoms with van der Waals surface area (Å²) in [5.74, 6) is 0.289. The molecule has 0 radical (unpaired) electrons. The van der Waals surface area contributed by atoms with Crippen molar-refractivity contribution in [2.45, 2.75) is 63.1 Å². The standard InChI is InChI=1S/C29H33F3N2O/c1-19-15-23(27(35)33-18-29(30,31)32)8-10-25(19)22-7-9-24(16-22)34-14-13-28(20(2)17-34)12-11-21-5-3-4-6-26(21)28/h3-6,8,10-12,15,20,22,24H,7,9,13-14,16-18H2,1-2H3,(H,33,35)/t20-,22?,24?,28?/m0/s1. The van der Waals surface area contributed by atoms with Crippen LogP contribution in [0.1, 0.15) is 71.1 Å². The molecule has 1 amide bonds. The Labute approximate surface area is 205 Å². The van der Waals surface area contributed by atoms with E-state index in [1.54, 1.807) is 12.1 Å². The maximum Gasteiger partial charge on any atom is 0.405 e. The molecule has 1 aliphatic heterocycles. The second-order valence-electron chi connectivity index (χ2n) is 10.6. The smallest absolute Gasteiger partial charge is 0.343 e. The minimum Gasteiger partial charge on any atom is -0.343 e. The SMILES string of the molecule is Cc1cc(C(=O)NCC(F)(F)F)ccc1C1CCC(N2CCC3(C=Cc4ccccc43)[C@@H](C)C2)C1. The van der Waals surface area contributed by atoms with Crippen LogP contribution in [-0.4, -0.2) is 42.7 Å². The molecule has 6 heteroatoms. The number of likely N-dealkylation sites (tertiary alicyclic amines) is 1. The number of nitrogens with one attached hydrogen (secondary N) is 1. The molecular formula is C29H33F3N2O. The fraction of sp³-hybridized carbons (Fsp3) is 0.483. The van der Waals surface area contributed by atoms with E-state index in [9.17, 15) is 18.0 Å². The Hall–Kier alpha value is -2.60. The van der Waals surface area contributed by atoms with Gasteiger partial charge >= 0.3 is 6.18 Å². The van der Waals surface area contributed by atoms with Crippen molar-refractivity contribution in [3.63, 3.8) is 0 Å². The number of hydrogen-bond donors (Lipinski definition) is 1. The number of benzene rings is 2. The molecule has 4 atom stereocenters. The lowest BCUT2D eigenvalue weighted by atomic mass is 9.68. The van der Waals surface area contributed by atoms with Gasteiger partial charge in [-0.15, -0.1) is 0 Å². The van der Waals surface area contributed by atoms with Crippen molar-refractivity contribution in [2.75, 3.05) is 19.6 Å². The molecule has 35 heavy (non-hydrogen) atoms. The third-order valence-electron chi connectivity index (χ3n) is 8.57. The van der Waals surface area contributed by atoms with E-state index in [2.05, 4.69) is 48.2 Å². The van der Waals surface area contributed by atoms with Gasteiger partial charge in [-0.3, -0.25) is 4.79 Å². The molecule has 0 aromatic heterocycles. The van der Waals surface area contributed by atoms with Gasteiger partial charge in [-0.25, -0.2) is 0 Å². The van der Waals surface area contributed by atoms with Crippen LogP contribution in [0.5, 0.6) is 0 Å². The van der Waals surface area contributed by atoms with Crippen molar-refractivity contribution < 1.29 is 18.0 Å². The molecule has 2 aromatic rings. The summed E-state index contributed by atoms with van der Waals surface area (Å²) in [7, 11) is 0. The normalized spacial score (nSPS) is 28.4. The Kier molecular flexibility index (Phi) is 6.28. The number of fused-ring (bicyclic) bond motifs is 2. The average molecular weight is 483 g/mol. The number of alkyl halides is 3. The highest BCUT2D eigenvalue weighted by molar-refractivity contribution is 5.94. The van der Waals surface area contributed by atoms with E-state index in [0.717, 1.165) is 44.3 Å². The summed E-state index contributed by atoms with van der Waals surface area (Å²) in [4.78, 5) is 14.8. The van der Waals surface area contributed by atoms with Crippen LogP contribution in [0.4, 0.5) is 13.2 Å². The average Bonchev–Trinajstić information content (AvgIpc) is 3.45. The van der Waals surface area contributed by atoms with Crippen LogP contribution >= 0.6 is 0 Å². The van der Waals surface area contributed by atoms with Crippen LogP contribution < -0.4 is 5.32 Å². The maximum atomic E-state index is 12.4. The van der Waals surface area contributed by atoms with Gasteiger partial charge in [-0.2, -0.15) is 13.2 Å². The summed E-state index contributed by atoms with van der Waals surface area (Å²) in [6.07, 6.45) is 4.81. The van der Waals surface area contributed by atoms with Crippen molar-refractivity contribution in [3.05, 3.63) is 76.4 Å². The summed E-state index contributed by atoms with van der Waals surface area (Å²) < 4.78 is 37.3. The zero-order chi connectivity index (χ0) is 24.8. The molecule has 3 nitrogen and oxygen atoms in total. The number of aryl methyl sites for hydroxylation is 1. The zero-order valence-corrected chi connectivity index (χ0v) is 20.4. The lowest BCUT2D eigenvalue weighted by Crippen LogP contribution is -2.50. The van der Waals surface area contributed by atoms with Gasteiger partial charge in [0.25, 0.3) is 5.91 Å². The third-order valence-corrected chi connectivity index (χ3v) is 8.57. The molecule has 1 heterocycles. The van der Waals surface area contributed by atoms with Gasteiger partial charge in [0.05, 0.1) is 0 Å². The van der Waals surface area contributed by atoms with Crippen LogP contribution in [-0.2, 0) is 5.41 Å². The molecule has 1 saturated heterocycles. The molecule has 5 rings (SSSR count). The number of carbonyl (C=O) groups excluding carboxylic acids is 1. The molecule has 3 unspecified atom stereocenters. The van der Waals surface area contributed by atoms with Gasteiger partial charge < -0.3 is 10.2 Å². The fourth-order valence-electron chi connectivity index (χ4n) is 6.68. The monoisotopic (exact) mass is 482 g/mol. The number of nitrogens with zero attached hydrogens (tertiary/aromatic N) is 1. The quantitative estimate of drug-likeness (QED) is 0.560. The number of halogens is 3. The van der Waals surface area contributed by atoms with Gasteiger partial charge in [0.15, 0.2) is 0 Å². The van der Waals surface area contributed by atoms with Crippen molar-refractivity contribution >= 4 is 12.0 Å². The maximum absolute atomic E-state index is 12.4. The van der Waals surface area contributed by atoms with Crippen LogP contribution in [0.3, 0.4) is 0 Å². The number of piperidine rings is 1. The minimum absolute atomic E-state index is 0.157. The first-order valence-corrected chi connectivity index (χ1v) is 12.6. The first kappa shape index (κ1) is 24.1. The predicted molar refractivity (Wildman–Crippen MR) is 132 cm³/mol. The van der Waals surface area contributed by atoms with E-state index in [4.69, 9.17) is 0 Å². The third kappa shape index (κ3) is 4.65. The first-order valence-electron chi connectivity index (χ1n) is 12.6. The summed E-state index contributed by atoms with van der Waals surface area (Å²) in [5.41, 5.74) is 5.48. The molecule has 1 N–H and O–H groups in total. The summed E-state index contributed by atoms with van der Waals surface area (Å²) >= 11 is 0. The van der Waals surface area contributed by atoms with Crippen molar-refractivity contribution in [1.82, 2.24) is 10.2 Å². The van der Waals surface area contributed by atoms with E-state index < -0.39 is 18.6 Å². The van der Waals surface area contributed by atoms with E-state index in [1.165, 1.54) is 16.7 Å². The topological polar surface area (TPSA) is 32.3 Å². The van der Waals surface area contributed by atoms with Gasteiger partial charge in [0.1, 0.15) is 6.54 Å². The lowest BCUT2D eigenvalue weighted by molar-refractivity contribution is -0.123. The van der Waals surface area contributed by atoms with Crippen LogP contribution in [0.15, 0.2) is 48.5 Å². The van der Waals surface area contributed by atoms with Crippen molar-refractivity contribution in [3.8, 4) is 0 Å². The first-order chi connectivity index (χ1) is 16.7. The predicted octanol–water partition coefficient (Wildman–Crippen LogP) is 6.23. The summed E-state index contributed by atoms with van der Waals surface area (Å²) in [5, 5.41) is 1.96. The Balaban J connectivity index is 1.22. The minimum atomic E-state index is -4.41. The molecule has 3 aliphatic rings. The highest BCUT2D eigenvalue weighted by atomic mass is 19.4. The number of carbonyl (C=O) groups is 1. The Morgan fingerprint density at radius 2 is 1.97 bits per heavy atom. The summed E-state index contributed by atoms with van der Waals surface area (Å²) in [6.45, 7) is 5.22. The van der Waals surface area contributed by atoms with Gasteiger partial charge in [0, 0.05) is 23.6 Å². The van der Waals surface area contributed by atoms with E-state index in [-0.39, 0.29) is 11.0 Å². The molecule has 2 aromatic carbocycles. The van der Waals surface area contributed by atoms with E-state index >= 15 is 0 Å². The Bertz CT molecular complexity index is 1140.